The summed E-state index contributed by atoms with van der Waals surface area (Å²) in [7, 11) is 2.15. The van der Waals surface area contributed by atoms with Gasteiger partial charge >= 0.3 is 0 Å². The van der Waals surface area contributed by atoms with Crippen LogP contribution in [0.2, 0.25) is 0 Å². The number of hydrogen-bond acceptors (Lipinski definition) is 3. The zero-order valence-electron chi connectivity index (χ0n) is 12.6. The standard InChI is InChI=1S/C16H23N3O/c1-11-6-14-15(7-12(11)2)18-16(17-14)9-19(3)8-13-4-5-20-10-13/h6-7,13H,4-5,8-10H2,1-3H3,(H,17,18)/t13-/m1/s1. The quantitative estimate of drug-likeness (QED) is 0.931. The molecule has 0 aliphatic carbocycles. The van der Waals surface area contributed by atoms with Crippen molar-refractivity contribution in [1.29, 1.82) is 0 Å². The number of nitrogens with zero attached hydrogens (tertiary/aromatic N) is 2. The summed E-state index contributed by atoms with van der Waals surface area (Å²) in [4.78, 5) is 10.5. The third kappa shape index (κ3) is 2.86. The van der Waals surface area contributed by atoms with E-state index in [4.69, 9.17) is 9.72 Å². The lowest BCUT2D eigenvalue weighted by Crippen LogP contribution is -2.26. The summed E-state index contributed by atoms with van der Waals surface area (Å²) in [6.45, 7) is 8.04. The Labute approximate surface area is 120 Å². The molecule has 0 amide bonds. The highest BCUT2D eigenvalue weighted by Crippen LogP contribution is 2.18. The predicted molar refractivity (Wildman–Crippen MR) is 80.8 cm³/mol. The number of rotatable bonds is 4. The van der Waals surface area contributed by atoms with E-state index in [-0.39, 0.29) is 0 Å². The maximum Gasteiger partial charge on any atom is 0.121 e. The van der Waals surface area contributed by atoms with Gasteiger partial charge in [-0.05, 0) is 56.5 Å². The van der Waals surface area contributed by atoms with Crippen LogP contribution in [0.4, 0.5) is 0 Å². The third-order valence-electron chi connectivity index (χ3n) is 4.16. The number of fused-ring (bicyclic) bond motifs is 1. The molecule has 0 radical (unpaired) electrons. The topological polar surface area (TPSA) is 41.2 Å². The van der Waals surface area contributed by atoms with Gasteiger partial charge in [-0.25, -0.2) is 4.98 Å². The summed E-state index contributed by atoms with van der Waals surface area (Å²) < 4.78 is 5.43. The van der Waals surface area contributed by atoms with Gasteiger partial charge in [-0.1, -0.05) is 0 Å². The molecule has 0 saturated carbocycles. The Kier molecular flexibility index (Phi) is 3.76. The number of H-pyrrole nitrogens is 1. The van der Waals surface area contributed by atoms with Crippen LogP contribution < -0.4 is 0 Å². The van der Waals surface area contributed by atoms with E-state index >= 15 is 0 Å². The number of hydrogen-bond donors (Lipinski definition) is 1. The Morgan fingerprint density at radius 3 is 2.90 bits per heavy atom. The van der Waals surface area contributed by atoms with Crippen molar-refractivity contribution in [3.8, 4) is 0 Å². The lowest BCUT2D eigenvalue weighted by atomic mass is 10.1. The van der Waals surface area contributed by atoms with Crippen molar-refractivity contribution in [1.82, 2.24) is 14.9 Å². The first kappa shape index (κ1) is 13.6. The normalized spacial score (nSPS) is 19.3. The number of benzene rings is 1. The number of aromatic nitrogens is 2. The molecule has 2 aromatic rings. The second-order valence-electron chi connectivity index (χ2n) is 6.06. The second kappa shape index (κ2) is 5.54. The van der Waals surface area contributed by atoms with Crippen molar-refractivity contribution in [2.24, 2.45) is 5.92 Å². The minimum absolute atomic E-state index is 0.675. The van der Waals surface area contributed by atoms with Crippen LogP contribution in [0.25, 0.3) is 11.0 Å². The summed E-state index contributed by atoms with van der Waals surface area (Å²) in [5.74, 6) is 1.72. The molecule has 1 aliphatic heterocycles. The van der Waals surface area contributed by atoms with Crippen LogP contribution >= 0.6 is 0 Å². The fourth-order valence-corrected chi connectivity index (χ4v) is 2.89. The lowest BCUT2D eigenvalue weighted by molar-refractivity contribution is 0.172. The van der Waals surface area contributed by atoms with Gasteiger partial charge in [0.25, 0.3) is 0 Å². The predicted octanol–water partition coefficient (Wildman–Crippen LogP) is 2.65. The molecule has 1 aromatic carbocycles. The maximum absolute atomic E-state index is 5.43. The number of aryl methyl sites for hydroxylation is 2. The molecule has 0 unspecified atom stereocenters. The first-order chi connectivity index (χ1) is 9.61. The molecule has 3 rings (SSSR count). The van der Waals surface area contributed by atoms with E-state index in [1.807, 2.05) is 0 Å². The molecule has 2 heterocycles. The largest absolute Gasteiger partial charge is 0.381 e. The van der Waals surface area contributed by atoms with Gasteiger partial charge in [0, 0.05) is 13.2 Å². The van der Waals surface area contributed by atoms with Crippen LogP contribution in [-0.2, 0) is 11.3 Å². The van der Waals surface area contributed by atoms with Gasteiger partial charge in [0.1, 0.15) is 5.82 Å². The van der Waals surface area contributed by atoms with Crippen LogP contribution in [0.3, 0.4) is 0 Å². The molecular formula is C16H23N3O. The first-order valence-electron chi connectivity index (χ1n) is 7.34. The maximum atomic E-state index is 5.43. The van der Waals surface area contributed by atoms with Crippen molar-refractivity contribution < 1.29 is 4.74 Å². The SMILES string of the molecule is Cc1cc2nc(CN(C)C[C@H]3CCOC3)[nH]c2cc1C. The highest BCUT2D eigenvalue weighted by Gasteiger charge is 2.18. The van der Waals surface area contributed by atoms with E-state index < -0.39 is 0 Å². The monoisotopic (exact) mass is 273 g/mol. The van der Waals surface area contributed by atoms with E-state index in [1.165, 1.54) is 17.5 Å². The number of nitrogens with one attached hydrogen (secondary N) is 1. The summed E-state index contributed by atoms with van der Waals surface area (Å²) in [5, 5.41) is 0. The second-order valence-corrected chi connectivity index (χ2v) is 6.06. The Bertz CT molecular complexity index is 560. The van der Waals surface area contributed by atoms with Crippen molar-refractivity contribution in [2.45, 2.75) is 26.8 Å². The van der Waals surface area contributed by atoms with E-state index in [0.717, 1.165) is 43.2 Å². The van der Waals surface area contributed by atoms with Crippen LogP contribution in [0.5, 0.6) is 0 Å². The fourth-order valence-electron chi connectivity index (χ4n) is 2.89. The number of aromatic amines is 1. The number of ether oxygens (including phenoxy) is 1. The highest BCUT2D eigenvalue weighted by molar-refractivity contribution is 5.77. The molecule has 1 aromatic heterocycles. The van der Waals surface area contributed by atoms with Crippen LogP contribution in [0.1, 0.15) is 23.4 Å². The van der Waals surface area contributed by atoms with Gasteiger partial charge in [-0.15, -0.1) is 0 Å². The highest BCUT2D eigenvalue weighted by atomic mass is 16.5. The molecule has 1 atom stereocenters. The molecule has 1 saturated heterocycles. The molecule has 1 fully saturated rings. The minimum Gasteiger partial charge on any atom is -0.381 e. The molecule has 4 heteroatoms. The van der Waals surface area contributed by atoms with Crippen molar-refractivity contribution in [3.63, 3.8) is 0 Å². The van der Waals surface area contributed by atoms with Crippen molar-refractivity contribution in [2.75, 3.05) is 26.8 Å². The lowest BCUT2D eigenvalue weighted by Gasteiger charge is -2.18. The van der Waals surface area contributed by atoms with E-state index in [9.17, 15) is 0 Å². The van der Waals surface area contributed by atoms with Crippen LogP contribution in [0.15, 0.2) is 12.1 Å². The number of imidazole rings is 1. The van der Waals surface area contributed by atoms with Crippen molar-refractivity contribution >= 4 is 11.0 Å². The van der Waals surface area contributed by atoms with E-state index in [0.29, 0.717) is 5.92 Å². The Morgan fingerprint density at radius 1 is 1.35 bits per heavy atom. The summed E-state index contributed by atoms with van der Waals surface area (Å²) >= 11 is 0. The minimum atomic E-state index is 0.675. The molecule has 20 heavy (non-hydrogen) atoms. The first-order valence-corrected chi connectivity index (χ1v) is 7.34. The zero-order valence-corrected chi connectivity index (χ0v) is 12.6. The van der Waals surface area contributed by atoms with E-state index in [2.05, 4.69) is 42.9 Å². The van der Waals surface area contributed by atoms with Gasteiger partial charge in [0.2, 0.25) is 0 Å². The average molecular weight is 273 g/mol. The van der Waals surface area contributed by atoms with Crippen LogP contribution in [-0.4, -0.2) is 41.7 Å². The molecule has 4 nitrogen and oxygen atoms in total. The zero-order chi connectivity index (χ0) is 14.1. The van der Waals surface area contributed by atoms with Crippen LogP contribution in [0, 0.1) is 19.8 Å². The molecule has 0 spiro atoms. The van der Waals surface area contributed by atoms with Crippen molar-refractivity contribution in [3.05, 3.63) is 29.1 Å². The van der Waals surface area contributed by atoms with Gasteiger partial charge in [0.15, 0.2) is 0 Å². The van der Waals surface area contributed by atoms with Gasteiger partial charge in [-0.2, -0.15) is 0 Å². The smallest absolute Gasteiger partial charge is 0.121 e. The Morgan fingerprint density at radius 2 is 2.15 bits per heavy atom. The van der Waals surface area contributed by atoms with Gasteiger partial charge in [-0.3, -0.25) is 4.90 Å². The summed E-state index contributed by atoms with van der Waals surface area (Å²) in [6.07, 6.45) is 1.18. The molecule has 1 aliphatic rings. The van der Waals surface area contributed by atoms with Gasteiger partial charge in [0.05, 0.1) is 24.2 Å². The van der Waals surface area contributed by atoms with E-state index in [1.54, 1.807) is 0 Å². The Hall–Kier alpha value is -1.39. The molecule has 1 N–H and O–H groups in total. The average Bonchev–Trinajstić information content (AvgIpc) is 2.99. The van der Waals surface area contributed by atoms with Gasteiger partial charge < -0.3 is 9.72 Å². The summed E-state index contributed by atoms with van der Waals surface area (Å²) in [6, 6.07) is 4.35. The molecular weight excluding hydrogens is 250 g/mol. The summed E-state index contributed by atoms with van der Waals surface area (Å²) in [5.41, 5.74) is 4.82. The fraction of sp³-hybridized carbons (Fsp3) is 0.562. The Balaban J connectivity index is 1.70. The molecule has 108 valence electrons. The third-order valence-corrected chi connectivity index (χ3v) is 4.16. The molecule has 0 bridgehead atoms.